The summed E-state index contributed by atoms with van der Waals surface area (Å²) in [6.45, 7) is 3.82. The maximum Gasteiger partial charge on any atom is 0.320 e. The highest BCUT2D eigenvalue weighted by atomic mass is 16.4. The van der Waals surface area contributed by atoms with Crippen molar-refractivity contribution < 1.29 is 25.2 Å². The molecule has 0 spiro atoms. The van der Waals surface area contributed by atoms with Crippen LogP contribution in [0.2, 0.25) is 0 Å². The summed E-state index contributed by atoms with van der Waals surface area (Å²) in [5.74, 6) is -1.59. The Bertz CT molecular complexity index is 435. The zero-order valence-electron chi connectivity index (χ0n) is 10.9. The highest BCUT2D eigenvalue weighted by Gasteiger charge is 2.19. The minimum Gasteiger partial charge on any atom is -0.508 e. The van der Waals surface area contributed by atoms with Gasteiger partial charge in [-0.05, 0) is 12.3 Å². The van der Waals surface area contributed by atoms with E-state index in [0.717, 1.165) is 12.1 Å². The number of carboxylic acid groups (broad SMARTS) is 1. The number of carboxylic acids is 1. The molecule has 0 aliphatic rings. The molecule has 1 aromatic rings. The Morgan fingerprint density at radius 1 is 1.21 bits per heavy atom. The second kappa shape index (κ2) is 6.29. The molecule has 0 aromatic heterocycles. The highest BCUT2D eigenvalue weighted by Crippen LogP contribution is 2.31. The summed E-state index contributed by atoms with van der Waals surface area (Å²) in [4.78, 5) is 11.1. The van der Waals surface area contributed by atoms with Crippen LogP contribution in [0.4, 0.5) is 0 Å². The van der Waals surface area contributed by atoms with Crippen molar-refractivity contribution in [2.75, 3.05) is 0 Å². The van der Waals surface area contributed by atoms with Crippen LogP contribution in [-0.2, 0) is 11.3 Å². The average Bonchev–Trinajstić information content (AvgIpc) is 2.25. The molecule has 0 unspecified atom stereocenters. The molecular formula is C13H19NO5. The first-order chi connectivity index (χ1) is 8.81. The van der Waals surface area contributed by atoms with E-state index >= 15 is 0 Å². The lowest BCUT2D eigenvalue weighted by Crippen LogP contribution is -2.37. The van der Waals surface area contributed by atoms with Crippen LogP contribution in [0.15, 0.2) is 12.1 Å². The lowest BCUT2D eigenvalue weighted by Gasteiger charge is -2.17. The summed E-state index contributed by atoms with van der Waals surface area (Å²) < 4.78 is 0. The van der Waals surface area contributed by atoms with Gasteiger partial charge in [-0.2, -0.15) is 0 Å². The first-order valence-electron chi connectivity index (χ1n) is 6.01. The fourth-order valence-corrected chi connectivity index (χ4v) is 1.78. The van der Waals surface area contributed by atoms with Crippen LogP contribution in [0.25, 0.3) is 0 Å². The van der Waals surface area contributed by atoms with Gasteiger partial charge in [-0.15, -0.1) is 0 Å². The molecule has 0 amide bonds. The molecule has 0 bridgehead atoms. The van der Waals surface area contributed by atoms with Crippen LogP contribution in [-0.4, -0.2) is 32.4 Å². The monoisotopic (exact) mass is 269 g/mol. The van der Waals surface area contributed by atoms with Gasteiger partial charge >= 0.3 is 5.97 Å². The molecule has 6 heteroatoms. The number of carbonyl (C=O) groups is 1. The average molecular weight is 269 g/mol. The molecule has 0 radical (unpaired) electrons. The first-order valence-corrected chi connectivity index (χ1v) is 6.01. The molecule has 0 fully saturated rings. The van der Waals surface area contributed by atoms with Gasteiger partial charge in [0.25, 0.3) is 0 Å². The topological polar surface area (TPSA) is 110 Å². The van der Waals surface area contributed by atoms with Gasteiger partial charge in [0.05, 0.1) is 0 Å². The molecule has 1 rings (SSSR count). The molecule has 0 saturated heterocycles. The second-order valence-corrected chi connectivity index (χ2v) is 4.86. The summed E-state index contributed by atoms with van der Waals surface area (Å²) in [6.07, 6.45) is 0.439. The number of hydrogen-bond donors (Lipinski definition) is 5. The van der Waals surface area contributed by atoms with E-state index in [9.17, 15) is 15.0 Å². The Morgan fingerprint density at radius 3 is 2.16 bits per heavy atom. The molecule has 6 nitrogen and oxygen atoms in total. The third kappa shape index (κ3) is 4.33. The summed E-state index contributed by atoms with van der Waals surface area (Å²) in [5.41, 5.74) is 0.160. The predicted molar refractivity (Wildman–Crippen MR) is 69.2 cm³/mol. The summed E-state index contributed by atoms with van der Waals surface area (Å²) in [6, 6.07) is 1.43. The third-order valence-corrected chi connectivity index (χ3v) is 2.72. The number of phenolic OH excluding ortho intramolecular Hbond substituents is 3. The number of benzene rings is 1. The Hall–Kier alpha value is -1.95. The van der Waals surface area contributed by atoms with E-state index in [2.05, 4.69) is 5.32 Å². The van der Waals surface area contributed by atoms with E-state index in [-0.39, 0.29) is 35.3 Å². The van der Waals surface area contributed by atoms with E-state index in [0.29, 0.717) is 6.42 Å². The van der Waals surface area contributed by atoms with Gasteiger partial charge in [0, 0.05) is 24.2 Å². The SMILES string of the molecule is CC(C)C[C@H](NCc1c(O)cc(O)cc1O)C(=O)O. The van der Waals surface area contributed by atoms with Crippen LogP contribution < -0.4 is 5.32 Å². The van der Waals surface area contributed by atoms with Crippen LogP contribution in [0.3, 0.4) is 0 Å². The molecule has 0 aliphatic carbocycles. The van der Waals surface area contributed by atoms with Crippen LogP contribution in [0.1, 0.15) is 25.8 Å². The van der Waals surface area contributed by atoms with Gasteiger partial charge in [0.2, 0.25) is 0 Å². The number of rotatable bonds is 6. The normalized spacial score (nSPS) is 12.6. The minimum atomic E-state index is -0.980. The van der Waals surface area contributed by atoms with E-state index in [1.54, 1.807) is 0 Å². The van der Waals surface area contributed by atoms with E-state index < -0.39 is 12.0 Å². The lowest BCUT2D eigenvalue weighted by atomic mass is 10.0. The van der Waals surface area contributed by atoms with Crippen molar-refractivity contribution in [2.24, 2.45) is 5.92 Å². The molecule has 19 heavy (non-hydrogen) atoms. The van der Waals surface area contributed by atoms with Crippen molar-refractivity contribution in [3.8, 4) is 17.2 Å². The molecule has 0 saturated carbocycles. The van der Waals surface area contributed by atoms with Crippen molar-refractivity contribution in [3.05, 3.63) is 17.7 Å². The third-order valence-electron chi connectivity index (χ3n) is 2.72. The molecule has 106 valence electrons. The van der Waals surface area contributed by atoms with E-state index in [1.807, 2.05) is 13.8 Å². The van der Waals surface area contributed by atoms with Gasteiger partial charge in [-0.3, -0.25) is 4.79 Å². The Kier molecular flexibility index (Phi) is 5.00. The van der Waals surface area contributed by atoms with Crippen molar-refractivity contribution in [3.63, 3.8) is 0 Å². The number of aromatic hydroxyl groups is 3. The molecule has 1 atom stereocenters. The minimum absolute atomic E-state index is 0.00162. The van der Waals surface area contributed by atoms with Gasteiger partial charge in [-0.25, -0.2) is 0 Å². The quantitative estimate of drug-likeness (QED) is 0.534. The maximum atomic E-state index is 11.1. The smallest absolute Gasteiger partial charge is 0.320 e. The van der Waals surface area contributed by atoms with Crippen molar-refractivity contribution in [1.29, 1.82) is 0 Å². The fourth-order valence-electron chi connectivity index (χ4n) is 1.78. The Labute approximate surface area is 111 Å². The Balaban J connectivity index is 2.77. The van der Waals surface area contributed by atoms with Crippen molar-refractivity contribution in [2.45, 2.75) is 32.9 Å². The molecule has 0 aliphatic heterocycles. The summed E-state index contributed by atoms with van der Waals surface area (Å²) in [5, 5.41) is 40.2. The van der Waals surface area contributed by atoms with Crippen LogP contribution in [0, 0.1) is 5.92 Å². The summed E-state index contributed by atoms with van der Waals surface area (Å²) in [7, 11) is 0. The van der Waals surface area contributed by atoms with E-state index in [1.165, 1.54) is 0 Å². The van der Waals surface area contributed by atoms with Crippen LogP contribution in [0.5, 0.6) is 17.2 Å². The van der Waals surface area contributed by atoms with Gasteiger partial charge < -0.3 is 25.7 Å². The van der Waals surface area contributed by atoms with E-state index in [4.69, 9.17) is 10.2 Å². The molecule has 0 heterocycles. The molecule has 1 aromatic carbocycles. The summed E-state index contributed by atoms with van der Waals surface area (Å²) >= 11 is 0. The maximum absolute atomic E-state index is 11.1. The largest absolute Gasteiger partial charge is 0.508 e. The standard InChI is InChI=1S/C13H19NO5/c1-7(2)3-10(13(18)19)14-6-9-11(16)4-8(15)5-12(9)17/h4-5,7,10,14-17H,3,6H2,1-2H3,(H,18,19)/t10-/m0/s1. The Morgan fingerprint density at radius 2 is 1.74 bits per heavy atom. The second-order valence-electron chi connectivity index (χ2n) is 4.86. The van der Waals surface area contributed by atoms with Gasteiger partial charge in [-0.1, -0.05) is 13.8 Å². The van der Waals surface area contributed by atoms with Gasteiger partial charge in [0.1, 0.15) is 23.3 Å². The first kappa shape index (κ1) is 15.1. The van der Waals surface area contributed by atoms with Crippen molar-refractivity contribution >= 4 is 5.97 Å². The lowest BCUT2D eigenvalue weighted by molar-refractivity contribution is -0.140. The number of phenols is 3. The molecular weight excluding hydrogens is 250 g/mol. The zero-order chi connectivity index (χ0) is 14.6. The van der Waals surface area contributed by atoms with Crippen LogP contribution >= 0.6 is 0 Å². The molecule has 5 N–H and O–H groups in total. The number of aliphatic carboxylic acids is 1. The van der Waals surface area contributed by atoms with Gasteiger partial charge in [0.15, 0.2) is 0 Å². The predicted octanol–water partition coefficient (Wildman–Crippen LogP) is 1.39. The number of nitrogens with one attached hydrogen (secondary N) is 1. The fraction of sp³-hybridized carbons (Fsp3) is 0.462. The highest BCUT2D eigenvalue weighted by molar-refractivity contribution is 5.73. The number of hydrogen-bond acceptors (Lipinski definition) is 5. The zero-order valence-corrected chi connectivity index (χ0v) is 10.9. The van der Waals surface area contributed by atoms with Crippen molar-refractivity contribution in [1.82, 2.24) is 5.32 Å².